The van der Waals surface area contributed by atoms with Crippen molar-refractivity contribution in [3.05, 3.63) is 58.1 Å². The molecule has 6 nitrogen and oxygen atoms in total. The number of carbonyl (C=O) groups excluding carboxylic acids is 2. The zero-order chi connectivity index (χ0) is 23.4. The van der Waals surface area contributed by atoms with Gasteiger partial charge in [-0.1, -0.05) is 30.7 Å². The van der Waals surface area contributed by atoms with E-state index >= 15 is 0 Å². The monoisotopic (exact) mass is 484 g/mol. The number of anilines is 1. The smallest absolute Gasteiger partial charge is 0.245 e. The van der Waals surface area contributed by atoms with Crippen molar-refractivity contribution in [2.24, 2.45) is 5.92 Å². The van der Waals surface area contributed by atoms with Gasteiger partial charge < -0.3 is 16.0 Å². The van der Waals surface area contributed by atoms with Crippen molar-refractivity contribution in [1.82, 2.24) is 15.2 Å². The molecule has 0 bridgehead atoms. The maximum absolute atomic E-state index is 13.4. The summed E-state index contributed by atoms with van der Waals surface area (Å²) in [6.45, 7) is 3.69. The first-order valence-corrected chi connectivity index (χ1v) is 12.5. The number of hydrogen-bond acceptors (Lipinski definition) is 5. The van der Waals surface area contributed by atoms with Gasteiger partial charge in [-0.3, -0.25) is 9.59 Å². The number of nitrogen functional groups attached to an aromatic ring is 1. The Morgan fingerprint density at radius 2 is 1.97 bits per heavy atom. The summed E-state index contributed by atoms with van der Waals surface area (Å²) in [6.07, 6.45) is 5.02. The molecule has 2 aromatic heterocycles. The van der Waals surface area contributed by atoms with Crippen molar-refractivity contribution in [3.63, 3.8) is 0 Å². The Morgan fingerprint density at radius 1 is 1.24 bits per heavy atom. The van der Waals surface area contributed by atoms with Crippen molar-refractivity contribution < 1.29 is 9.59 Å². The van der Waals surface area contributed by atoms with Gasteiger partial charge in [0.05, 0.1) is 0 Å². The minimum Gasteiger partial charge on any atom is -0.383 e. The standard InChI is InChI=1S/C25H29ClN4O2S/c1-16-9-12-30(13-10-16)25(32)21(15-19-14-20-22(33-19)8-11-28-24(20)27)29-23(31)7-4-17-2-5-18(26)6-3-17/h2-3,5-6,8,11,14,16,21H,4,7,9-10,12-13,15H2,1H3,(H2,27,28)(H,29,31). The maximum Gasteiger partial charge on any atom is 0.245 e. The fraction of sp³-hybridized carbons (Fsp3) is 0.400. The highest BCUT2D eigenvalue weighted by Crippen LogP contribution is 2.29. The van der Waals surface area contributed by atoms with Crippen LogP contribution in [0.25, 0.3) is 10.1 Å². The molecule has 33 heavy (non-hydrogen) atoms. The van der Waals surface area contributed by atoms with E-state index in [9.17, 15) is 9.59 Å². The number of thiophene rings is 1. The summed E-state index contributed by atoms with van der Waals surface area (Å²) in [6, 6.07) is 10.8. The molecule has 1 atom stereocenters. The van der Waals surface area contributed by atoms with Crippen LogP contribution in [-0.2, 0) is 22.4 Å². The van der Waals surface area contributed by atoms with Gasteiger partial charge in [0.15, 0.2) is 0 Å². The summed E-state index contributed by atoms with van der Waals surface area (Å²) >= 11 is 7.53. The van der Waals surface area contributed by atoms with E-state index in [4.69, 9.17) is 17.3 Å². The highest BCUT2D eigenvalue weighted by Gasteiger charge is 2.29. The molecule has 0 radical (unpaired) electrons. The van der Waals surface area contributed by atoms with E-state index < -0.39 is 6.04 Å². The SMILES string of the molecule is CC1CCN(C(=O)C(Cc2cc3c(N)nccc3s2)NC(=O)CCc2ccc(Cl)cc2)CC1. The molecular formula is C25H29ClN4O2S. The molecule has 0 saturated carbocycles. The lowest BCUT2D eigenvalue weighted by Gasteiger charge is -2.33. The zero-order valence-corrected chi connectivity index (χ0v) is 20.3. The first-order chi connectivity index (χ1) is 15.9. The van der Waals surface area contributed by atoms with Crippen LogP contribution in [-0.4, -0.2) is 40.8 Å². The lowest BCUT2D eigenvalue weighted by atomic mass is 9.98. The molecule has 1 unspecified atom stereocenters. The largest absolute Gasteiger partial charge is 0.383 e. The number of amides is 2. The van der Waals surface area contributed by atoms with Crippen molar-refractivity contribution in [3.8, 4) is 0 Å². The van der Waals surface area contributed by atoms with Crippen LogP contribution in [0.5, 0.6) is 0 Å². The number of fused-ring (bicyclic) bond motifs is 1. The van der Waals surface area contributed by atoms with Crippen molar-refractivity contribution in [2.45, 2.75) is 45.1 Å². The minimum absolute atomic E-state index is 0.00899. The minimum atomic E-state index is -0.599. The van der Waals surface area contributed by atoms with Crippen LogP contribution in [0.3, 0.4) is 0 Å². The highest BCUT2D eigenvalue weighted by atomic mass is 35.5. The number of rotatable bonds is 7. The number of nitrogens with zero attached hydrogens (tertiary/aromatic N) is 2. The Hall–Kier alpha value is -2.64. The van der Waals surface area contributed by atoms with Crippen LogP contribution in [0.15, 0.2) is 42.6 Å². The Labute approximate surface area is 203 Å². The summed E-state index contributed by atoms with van der Waals surface area (Å²) in [5.74, 6) is 0.968. The van der Waals surface area contributed by atoms with E-state index in [1.807, 2.05) is 41.3 Å². The normalized spacial score (nSPS) is 15.5. The van der Waals surface area contributed by atoms with Gasteiger partial charge in [0.2, 0.25) is 11.8 Å². The number of nitrogens with one attached hydrogen (secondary N) is 1. The van der Waals surface area contributed by atoms with Gasteiger partial charge in [-0.15, -0.1) is 11.3 Å². The number of halogens is 1. The average Bonchev–Trinajstić information content (AvgIpc) is 3.22. The summed E-state index contributed by atoms with van der Waals surface area (Å²) in [4.78, 5) is 33.3. The number of likely N-dealkylation sites (tertiary alicyclic amines) is 1. The quantitative estimate of drug-likeness (QED) is 0.518. The van der Waals surface area contributed by atoms with Crippen LogP contribution >= 0.6 is 22.9 Å². The van der Waals surface area contributed by atoms with E-state index in [2.05, 4.69) is 17.2 Å². The van der Waals surface area contributed by atoms with E-state index in [1.54, 1.807) is 17.5 Å². The third-order valence-electron chi connectivity index (χ3n) is 6.22. The number of benzene rings is 1. The topological polar surface area (TPSA) is 88.3 Å². The Balaban J connectivity index is 1.47. The summed E-state index contributed by atoms with van der Waals surface area (Å²) in [5.41, 5.74) is 7.05. The van der Waals surface area contributed by atoms with Crippen molar-refractivity contribution >= 4 is 50.7 Å². The number of nitrogens with two attached hydrogens (primary N) is 1. The van der Waals surface area contributed by atoms with Gasteiger partial charge in [0.1, 0.15) is 11.9 Å². The van der Waals surface area contributed by atoms with Gasteiger partial charge in [0.25, 0.3) is 0 Å². The van der Waals surface area contributed by atoms with Gasteiger partial charge >= 0.3 is 0 Å². The molecule has 1 saturated heterocycles. The Morgan fingerprint density at radius 3 is 2.67 bits per heavy atom. The molecule has 1 fully saturated rings. The first kappa shape index (κ1) is 23.5. The second kappa shape index (κ2) is 10.5. The first-order valence-electron chi connectivity index (χ1n) is 11.3. The Bertz CT molecular complexity index is 1120. The molecule has 4 rings (SSSR count). The molecular weight excluding hydrogens is 456 g/mol. The molecule has 1 aromatic carbocycles. The van der Waals surface area contributed by atoms with Gasteiger partial charge in [-0.25, -0.2) is 4.98 Å². The molecule has 2 amide bonds. The number of pyridine rings is 1. The molecule has 1 aliphatic rings. The number of aromatic nitrogens is 1. The second-order valence-electron chi connectivity index (χ2n) is 8.78. The van der Waals surface area contributed by atoms with Crippen LogP contribution in [0.2, 0.25) is 5.02 Å². The zero-order valence-electron chi connectivity index (χ0n) is 18.7. The van der Waals surface area contributed by atoms with Crippen LogP contribution in [0, 0.1) is 5.92 Å². The number of piperidine rings is 1. The van der Waals surface area contributed by atoms with E-state index in [0.717, 1.165) is 46.5 Å². The average molecular weight is 485 g/mol. The van der Waals surface area contributed by atoms with Crippen LogP contribution < -0.4 is 11.1 Å². The predicted molar refractivity (Wildman–Crippen MR) is 134 cm³/mol. The lowest BCUT2D eigenvalue weighted by Crippen LogP contribution is -2.51. The molecule has 3 N–H and O–H groups in total. The van der Waals surface area contributed by atoms with E-state index in [1.165, 1.54) is 0 Å². The fourth-order valence-corrected chi connectivity index (χ4v) is 5.40. The lowest BCUT2D eigenvalue weighted by molar-refractivity contribution is -0.137. The molecule has 3 aromatic rings. The number of hydrogen-bond donors (Lipinski definition) is 2. The summed E-state index contributed by atoms with van der Waals surface area (Å²) in [5, 5.41) is 4.58. The molecule has 174 valence electrons. The van der Waals surface area contributed by atoms with Crippen molar-refractivity contribution in [2.75, 3.05) is 18.8 Å². The summed E-state index contributed by atoms with van der Waals surface area (Å²) in [7, 11) is 0. The molecule has 0 aliphatic carbocycles. The predicted octanol–water partition coefficient (Wildman–Crippen LogP) is 4.45. The number of aryl methyl sites for hydroxylation is 1. The molecule has 0 spiro atoms. The molecule has 8 heteroatoms. The molecule has 1 aliphatic heterocycles. The van der Waals surface area contributed by atoms with Crippen LogP contribution in [0.1, 0.15) is 36.6 Å². The fourth-order valence-electron chi connectivity index (χ4n) is 4.16. The van der Waals surface area contributed by atoms with Crippen molar-refractivity contribution in [1.29, 1.82) is 0 Å². The second-order valence-corrected chi connectivity index (χ2v) is 10.4. The number of carbonyl (C=O) groups is 2. The third kappa shape index (κ3) is 6.03. The van der Waals surface area contributed by atoms with Gasteiger partial charge in [-0.05, 0) is 55.0 Å². The van der Waals surface area contributed by atoms with E-state index in [-0.39, 0.29) is 11.8 Å². The highest BCUT2D eigenvalue weighted by molar-refractivity contribution is 7.19. The van der Waals surface area contributed by atoms with Gasteiger partial charge in [0, 0.05) is 52.1 Å². The Kier molecular flexibility index (Phi) is 7.50. The molecule has 3 heterocycles. The van der Waals surface area contributed by atoms with E-state index in [0.29, 0.717) is 36.0 Å². The van der Waals surface area contributed by atoms with Crippen LogP contribution in [0.4, 0.5) is 5.82 Å². The maximum atomic E-state index is 13.4. The van der Waals surface area contributed by atoms with Gasteiger partial charge in [-0.2, -0.15) is 0 Å². The third-order valence-corrected chi connectivity index (χ3v) is 7.59. The summed E-state index contributed by atoms with van der Waals surface area (Å²) < 4.78 is 1.03.